The monoisotopic (exact) mass is 253 g/mol. The van der Waals surface area contributed by atoms with Gasteiger partial charge >= 0.3 is 5.97 Å². The highest BCUT2D eigenvalue weighted by Crippen LogP contribution is 2.44. The van der Waals surface area contributed by atoms with Gasteiger partial charge < -0.3 is 4.74 Å². The number of piperidine rings is 1. The molecule has 0 amide bonds. The molecule has 0 aromatic heterocycles. The number of methoxy groups -OCH3 is 1. The number of carbonyl (C=O) groups is 1. The van der Waals surface area contributed by atoms with Crippen LogP contribution in [0.3, 0.4) is 0 Å². The van der Waals surface area contributed by atoms with Gasteiger partial charge in [-0.1, -0.05) is 20.3 Å². The largest absolute Gasteiger partial charge is 0.469 e. The molecule has 0 saturated carbocycles. The minimum Gasteiger partial charge on any atom is -0.469 e. The van der Waals surface area contributed by atoms with E-state index in [0.29, 0.717) is 18.0 Å². The van der Waals surface area contributed by atoms with E-state index >= 15 is 0 Å². The molecule has 0 unspecified atom stereocenters. The van der Waals surface area contributed by atoms with Gasteiger partial charge in [-0.15, -0.1) is 0 Å². The Hall–Kier alpha value is -0.570. The molecule has 2 fully saturated rings. The van der Waals surface area contributed by atoms with Gasteiger partial charge in [-0.25, -0.2) is 0 Å². The Labute approximate surface area is 111 Å². The molecule has 3 nitrogen and oxygen atoms in total. The van der Waals surface area contributed by atoms with Gasteiger partial charge in [0.2, 0.25) is 0 Å². The molecule has 3 heteroatoms. The third-order valence-corrected chi connectivity index (χ3v) is 4.98. The molecule has 2 saturated heterocycles. The van der Waals surface area contributed by atoms with Crippen molar-refractivity contribution in [1.82, 2.24) is 4.90 Å². The Balaban J connectivity index is 2.09. The lowest BCUT2D eigenvalue weighted by Crippen LogP contribution is -2.49. The molecule has 0 spiro atoms. The van der Waals surface area contributed by atoms with Crippen LogP contribution < -0.4 is 0 Å². The number of fused-ring (bicyclic) bond motifs is 2. The van der Waals surface area contributed by atoms with Crippen molar-refractivity contribution >= 4 is 5.97 Å². The molecule has 0 N–H and O–H groups in total. The van der Waals surface area contributed by atoms with Crippen LogP contribution in [0.5, 0.6) is 0 Å². The summed E-state index contributed by atoms with van der Waals surface area (Å²) >= 11 is 0. The average Bonchev–Trinajstić information content (AvgIpc) is 2.59. The number of carbonyl (C=O) groups excluding carboxylic acids is 1. The predicted octanol–water partition coefficient (Wildman–Crippen LogP) is 2.69. The molecule has 2 aliphatic heterocycles. The lowest BCUT2D eigenvalue weighted by molar-refractivity contribution is -0.152. The molecule has 2 heterocycles. The van der Waals surface area contributed by atoms with E-state index in [1.807, 2.05) is 0 Å². The zero-order valence-corrected chi connectivity index (χ0v) is 12.2. The summed E-state index contributed by atoms with van der Waals surface area (Å²) in [6.45, 7) is 4.52. The second-order valence-corrected chi connectivity index (χ2v) is 6.48. The summed E-state index contributed by atoms with van der Waals surface area (Å²) in [5, 5.41) is 0. The first-order valence-electron chi connectivity index (χ1n) is 7.34. The summed E-state index contributed by atoms with van der Waals surface area (Å²) < 4.78 is 5.06. The molecule has 2 aliphatic rings. The lowest BCUT2D eigenvalue weighted by atomic mass is 9.77. The summed E-state index contributed by atoms with van der Waals surface area (Å²) in [5.41, 5.74) is 0. The average molecular weight is 253 g/mol. The van der Waals surface area contributed by atoms with E-state index in [4.69, 9.17) is 4.74 Å². The summed E-state index contributed by atoms with van der Waals surface area (Å²) in [5.74, 6) is 1.38. The summed E-state index contributed by atoms with van der Waals surface area (Å²) in [7, 11) is 3.71. The molecular formula is C15H27NO2. The van der Waals surface area contributed by atoms with Crippen LogP contribution in [-0.2, 0) is 9.53 Å². The minimum atomic E-state index is 0.0148. The van der Waals surface area contributed by atoms with Gasteiger partial charge in [0.15, 0.2) is 0 Å². The van der Waals surface area contributed by atoms with Crippen LogP contribution in [0.4, 0.5) is 0 Å². The van der Waals surface area contributed by atoms with E-state index in [9.17, 15) is 4.79 Å². The zero-order chi connectivity index (χ0) is 13.3. The van der Waals surface area contributed by atoms with Crippen molar-refractivity contribution in [1.29, 1.82) is 0 Å². The van der Waals surface area contributed by atoms with Crippen molar-refractivity contribution in [2.75, 3.05) is 14.2 Å². The Morgan fingerprint density at radius 2 is 2.11 bits per heavy atom. The molecular weight excluding hydrogens is 226 g/mol. The quantitative estimate of drug-likeness (QED) is 0.721. The second-order valence-electron chi connectivity index (χ2n) is 6.48. The highest BCUT2D eigenvalue weighted by atomic mass is 16.5. The van der Waals surface area contributed by atoms with Crippen molar-refractivity contribution in [2.45, 2.75) is 58.0 Å². The van der Waals surface area contributed by atoms with Crippen LogP contribution in [-0.4, -0.2) is 37.1 Å². The SMILES string of the molecule is COC(=O)[C@H]1[C@@H](CCC(C)C)C[C@@H]2CC[C@H]1N2C. The van der Waals surface area contributed by atoms with Gasteiger partial charge in [0.1, 0.15) is 0 Å². The summed E-state index contributed by atoms with van der Waals surface area (Å²) in [6.07, 6.45) is 6.00. The number of ether oxygens (including phenoxy) is 1. The van der Waals surface area contributed by atoms with Gasteiger partial charge in [0.05, 0.1) is 13.0 Å². The van der Waals surface area contributed by atoms with E-state index in [1.165, 1.54) is 39.2 Å². The molecule has 2 bridgehead atoms. The zero-order valence-electron chi connectivity index (χ0n) is 12.2. The first-order chi connectivity index (χ1) is 8.54. The van der Waals surface area contributed by atoms with E-state index in [-0.39, 0.29) is 11.9 Å². The maximum absolute atomic E-state index is 12.1. The van der Waals surface area contributed by atoms with Crippen molar-refractivity contribution in [3.8, 4) is 0 Å². The highest BCUT2D eigenvalue weighted by Gasteiger charge is 2.48. The molecule has 4 atom stereocenters. The number of rotatable bonds is 4. The van der Waals surface area contributed by atoms with Gasteiger partial charge in [0, 0.05) is 12.1 Å². The standard InChI is InChI=1S/C15H27NO2/c1-10(2)5-6-11-9-12-7-8-13(16(12)3)14(11)15(17)18-4/h10-14H,5-9H2,1-4H3/t11-,12-,13+,14-/m0/s1. The molecule has 18 heavy (non-hydrogen) atoms. The summed E-state index contributed by atoms with van der Waals surface area (Å²) in [4.78, 5) is 14.5. The Morgan fingerprint density at radius 3 is 2.72 bits per heavy atom. The van der Waals surface area contributed by atoms with Crippen LogP contribution in [0.15, 0.2) is 0 Å². The maximum Gasteiger partial charge on any atom is 0.310 e. The molecule has 0 aromatic carbocycles. The number of nitrogens with zero attached hydrogens (tertiary/aromatic N) is 1. The first-order valence-corrected chi connectivity index (χ1v) is 7.34. The van der Waals surface area contributed by atoms with E-state index in [1.54, 1.807) is 0 Å². The Kier molecular flexibility index (Phi) is 4.31. The molecule has 0 aromatic rings. The molecule has 0 radical (unpaired) electrons. The Morgan fingerprint density at radius 1 is 1.39 bits per heavy atom. The number of hydrogen-bond donors (Lipinski definition) is 0. The van der Waals surface area contributed by atoms with Crippen LogP contribution in [0.2, 0.25) is 0 Å². The van der Waals surface area contributed by atoms with Crippen LogP contribution in [0.25, 0.3) is 0 Å². The fourth-order valence-corrected chi connectivity index (χ4v) is 3.90. The molecule has 0 aliphatic carbocycles. The lowest BCUT2D eigenvalue weighted by Gasteiger charge is -2.41. The second kappa shape index (κ2) is 5.60. The third kappa shape index (κ3) is 2.56. The number of hydrogen-bond acceptors (Lipinski definition) is 3. The third-order valence-electron chi connectivity index (χ3n) is 4.98. The molecule has 104 valence electrons. The minimum absolute atomic E-state index is 0.0148. The molecule has 2 rings (SSSR count). The van der Waals surface area contributed by atoms with Crippen molar-refractivity contribution in [3.63, 3.8) is 0 Å². The van der Waals surface area contributed by atoms with E-state index < -0.39 is 0 Å². The first kappa shape index (κ1) is 13.9. The van der Waals surface area contributed by atoms with Crippen LogP contribution >= 0.6 is 0 Å². The van der Waals surface area contributed by atoms with Gasteiger partial charge in [0.25, 0.3) is 0 Å². The highest BCUT2D eigenvalue weighted by molar-refractivity contribution is 5.74. The van der Waals surface area contributed by atoms with Crippen LogP contribution in [0, 0.1) is 17.8 Å². The maximum atomic E-state index is 12.1. The van der Waals surface area contributed by atoms with Crippen molar-refractivity contribution in [2.24, 2.45) is 17.8 Å². The fourth-order valence-electron chi connectivity index (χ4n) is 3.90. The number of esters is 1. The van der Waals surface area contributed by atoms with Gasteiger partial charge in [-0.05, 0) is 44.6 Å². The van der Waals surface area contributed by atoms with E-state index in [0.717, 1.165) is 5.92 Å². The van der Waals surface area contributed by atoms with Crippen LogP contribution in [0.1, 0.15) is 46.0 Å². The van der Waals surface area contributed by atoms with Crippen molar-refractivity contribution < 1.29 is 9.53 Å². The van der Waals surface area contributed by atoms with Gasteiger partial charge in [-0.3, -0.25) is 9.69 Å². The smallest absolute Gasteiger partial charge is 0.310 e. The Bertz CT molecular complexity index is 303. The van der Waals surface area contributed by atoms with Gasteiger partial charge in [-0.2, -0.15) is 0 Å². The topological polar surface area (TPSA) is 29.5 Å². The summed E-state index contributed by atoms with van der Waals surface area (Å²) in [6, 6.07) is 1.13. The van der Waals surface area contributed by atoms with E-state index in [2.05, 4.69) is 25.8 Å². The predicted molar refractivity (Wildman–Crippen MR) is 72.3 cm³/mol. The fraction of sp³-hybridized carbons (Fsp3) is 0.933. The normalized spacial score (nSPS) is 36.1. The van der Waals surface area contributed by atoms with Crippen molar-refractivity contribution in [3.05, 3.63) is 0 Å².